The van der Waals surface area contributed by atoms with Crippen LogP contribution in [0, 0.1) is 5.92 Å². The molecule has 0 saturated carbocycles. The molecule has 12 heavy (non-hydrogen) atoms. The molecule has 64 valence electrons. The van der Waals surface area contributed by atoms with Crippen LogP contribution in [-0.2, 0) is 4.79 Å². The molecule has 2 heterocycles. The van der Waals surface area contributed by atoms with Crippen LogP contribution in [0.5, 0.6) is 0 Å². The Kier molecular flexibility index (Phi) is 1.92. The Labute approximate surface area is 75.1 Å². The molecule has 1 fully saturated rings. The number of carbonyl (C=O) groups excluding carboxylic acids is 1. The number of amides is 1. The Morgan fingerprint density at radius 2 is 2.58 bits per heavy atom. The van der Waals surface area contributed by atoms with Gasteiger partial charge in [-0.05, 0) is 18.8 Å². The largest absolute Gasteiger partial charge is 0.369 e. The van der Waals surface area contributed by atoms with Crippen LogP contribution in [-0.4, -0.2) is 17.4 Å². The molecule has 1 amide bonds. The molecule has 0 aromatic rings. The van der Waals surface area contributed by atoms with Crippen LogP contribution in [0.15, 0.2) is 16.1 Å². The highest BCUT2D eigenvalue weighted by Gasteiger charge is 2.33. The lowest BCUT2D eigenvalue weighted by Crippen LogP contribution is -2.23. The highest BCUT2D eigenvalue weighted by atomic mass is 32.2. The van der Waals surface area contributed by atoms with Crippen LogP contribution in [0.3, 0.4) is 0 Å². The van der Waals surface area contributed by atoms with Crippen LogP contribution in [0.4, 0.5) is 0 Å². The number of fused-ring (bicyclic) bond motifs is 1. The molecule has 4 heteroatoms. The minimum atomic E-state index is -0.199. The van der Waals surface area contributed by atoms with E-state index in [4.69, 9.17) is 5.73 Å². The summed E-state index contributed by atoms with van der Waals surface area (Å²) in [7, 11) is 0. The first kappa shape index (κ1) is 7.86. The average molecular weight is 182 g/mol. The first-order valence-corrected chi connectivity index (χ1v) is 4.83. The Morgan fingerprint density at radius 3 is 3.25 bits per heavy atom. The van der Waals surface area contributed by atoms with Gasteiger partial charge in [-0.1, -0.05) is 0 Å². The molecule has 2 aliphatic heterocycles. The summed E-state index contributed by atoms with van der Waals surface area (Å²) >= 11 is 1.58. The lowest BCUT2D eigenvalue weighted by Gasteiger charge is -2.08. The van der Waals surface area contributed by atoms with E-state index in [0.717, 1.165) is 12.8 Å². The number of rotatable bonds is 1. The van der Waals surface area contributed by atoms with Gasteiger partial charge in [0, 0.05) is 17.3 Å². The number of allylic oxidation sites excluding steroid dienone is 1. The number of aliphatic imine (C=N–C) groups is 1. The molecule has 1 saturated heterocycles. The quantitative estimate of drug-likeness (QED) is 0.655. The van der Waals surface area contributed by atoms with Crippen molar-refractivity contribution in [1.29, 1.82) is 0 Å². The Morgan fingerprint density at radius 1 is 1.75 bits per heavy atom. The maximum absolute atomic E-state index is 10.9. The van der Waals surface area contributed by atoms with Crippen molar-refractivity contribution >= 4 is 23.9 Å². The van der Waals surface area contributed by atoms with Crippen molar-refractivity contribution < 1.29 is 4.79 Å². The van der Waals surface area contributed by atoms with Gasteiger partial charge in [0.1, 0.15) is 0 Å². The first-order chi connectivity index (χ1) is 5.77. The van der Waals surface area contributed by atoms with Gasteiger partial charge in [0.15, 0.2) is 0 Å². The van der Waals surface area contributed by atoms with Gasteiger partial charge in [-0.25, -0.2) is 0 Å². The normalized spacial score (nSPS) is 32.8. The molecule has 2 rings (SSSR count). The van der Waals surface area contributed by atoms with E-state index in [9.17, 15) is 4.79 Å². The molecule has 0 aliphatic carbocycles. The predicted molar refractivity (Wildman–Crippen MR) is 49.9 cm³/mol. The highest BCUT2D eigenvalue weighted by Crippen LogP contribution is 2.44. The second-order valence-corrected chi connectivity index (χ2v) is 4.32. The fourth-order valence-corrected chi connectivity index (χ4v) is 2.80. The summed E-state index contributed by atoms with van der Waals surface area (Å²) < 4.78 is 0. The van der Waals surface area contributed by atoms with Gasteiger partial charge in [0.05, 0.1) is 5.25 Å². The van der Waals surface area contributed by atoms with Crippen molar-refractivity contribution in [1.82, 2.24) is 0 Å². The van der Waals surface area contributed by atoms with E-state index in [1.807, 2.05) is 12.4 Å². The Bertz CT molecular complexity index is 272. The van der Waals surface area contributed by atoms with Crippen molar-refractivity contribution in [3.63, 3.8) is 0 Å². The topological polar surface area (TPSA) is 55.5 Å². The van der Waals surface area contributed by atoms with E-state index >= 15 is 0 Å². The molecule has 0 aromatic heterocycles. The van der Waals surface area contributed by atoms with Crippen LogP contribution in [0.2, 0.25) is 0 Å². The summed E-state index contributed by atoms with van der Waals surface area (Å²) in [6.07, 6.45) is 5.60. The van der Waals surface area contributed by atoms with Crippen LogP contribution < -0.4 is 5.73 Å². The number of nitrogens with zero attached hydrogens (tertiary/aromatic N) is 1. The second kappa shape index (κ2) is 2.94. The summed E-state index contributed by atoms with van der Waals surface area (Å²) in [5.74, 6) is 0.306. The zero-order valence-corrected chi connectivity index (χ0v) is 7.38. The Hall–Kier alpha value is -0.770. The van der Waals surface area contributed by atoms with Gasteiger partial charge in [-0.15, -0.1) is 11.8 Å². The zero-order valence-electron chi connectivity index (χ0n) is 6.56. The maximum atomic E-state index is 10.9. The maximum Gasteiger partial charge on any atom is 0.230 e. The smallest absolute Gasteiger partial charge is 0.230 e. The molecule has 2 aliphatic rings. The van der Waals surface area contributed by atoms with E-state index in [0.29, 0.717) is 5.92 Å². The van der Waals surface area contributed by atoms with Gasteiger partial charge in [0.25, 0.3) is 0 Å². The summed E-state index contributed by atoms with van der Waals surface area (Å²) in [6.45, 7) is 0. The van der Waals surface area contributed by atoms with E-state index < -0.39 is 0 Å². The van der Waals surface area contributed by atoms with Crippen molar-refractivity contribution in [3.05, 3.63) is 11.1 Å². The molecule has 0 aromatic carbocycles. The van der Waals surface area contributed by atoms with Gasteiger partial charge >= 0.3 is 0 Å². The van der Waals surface area contributed by atoms with Gasteiger partial charge in [-0.3, -0.25) is 9.79 Å². The van der Waals surface area contributed by atoms with Crippen LogP contribution in [0.1, 0.15) is 12.8 Å². The van der Waals surface area contributed by atoms with E-state index in [1.54, 1.807) is 11.8 Å². The highest BCUT2D eigenvalue weighted by molar-refractivity contribution is 8.04. The van der Waals surface area contributed by atoms with E-state index in [1.165, 1.54) is 4.91 Å². The standard InChI is InChI=1S/C8H10N2OS/c9-8(11)6-3-5-1-2-10-4-7(5)12-6/h2,4-6H,1,3H2,(H2,9,11). The summed E-state index contributed by atoms with van der Waals surface area (Å²) in [5.41, 5.74) is 5.22. The molecule has 3 nitrogen and oxygen atoms in total. The number of thioether (sulfide) groups is 1. The number of primary amides is 1. The summed E-state index contributed by atoms with van der Waals surface area (Å²) in [6, 6.07) is 0. The van der Waals surface area contributed by atoms with Gasteiger partial charge in [-0.2, -0.15) is 0 Å². The Balaban J connectivity index is 2.12. The third-order valence-electron chi connectivity index (χ3n) is 2.19. The first-order valence-electron chi connectivity index (χ1n) is 3.95. The molecular weight excluding hydrogens is 172 g/mol. The van der Waals surface area contributed by atoms with Crippen molar-refractivity contribution in [2.24, 2.45) is 16.6 Å². The molecule has 2 atom stereocenters. The summed E-state index contributed by atoms with van der Waals surface area (Å²) in [5, 5.41) is -0.0250. The molecule has 2 unspecified atom stereocenters. The predicted octanol–water partition coefficient (Wildman–Crippen LogP) is 0.909. The minimum absolute atomic E-state index is 0.0250. The summed E-state index contributed by atoms with van der Waals surface area (Å²) in [4.78, 5) is 16.2. The van der Waals surface area contributed by atoms with Crippen molar-refractivity contribution in [3.8, 4) is 0 Å². The van der Waals surface area contributed by atoms with E-state index in [-0.39, 0.29) is 11.2 Å². The number of nitrogens with two attached hydrogens (primary N) is 1. The SMILES string of the molecule is NC(=O)C1CC2CC=NC=C2S1. The van der Waals surface area contributed by atoms with Gasteiger partial charge in [0.2, 0.25) is 5.91 Å². The molecule has 0 spiro atoms. The van der Waals surface area contributed by atoms with E-state index in [2.05, 4.69) is 4.99 Å². The lowest BCUT2D eigenvalue weighted by atomic mass is 9.99. The zero-order chi connectivity index (χ0) is 8.55. The third kappa shape index (κ3) is 1.27. The average Bonchev–Trinajstić information content (AvgIpc) is 2.46. The third-order valence-corrected chi connectivity index (χ3v) is 3.61. The monoisotopic (exact) mass is 182 g/mol. The van der Waals surface area contributed by atoms with Crippen LogP contribution in [0.25, 0.3) is 0 Å². The molecule has 0 bridgehead atoms. The van der Waals surface area contributed by atoms with Crippen molar-refractivity contribution in [2.75, 3.05) is 0 Å². The second-order valence-electron chi connectivity index (χ2n) is 3.04. The molecule has 0 radical (unpaired) electrons. The number of carbonyl (C=O) groups is 1. The van der Waals surface area contributed by atoms with Crippen molar-refractivity contribution in [2.45, 2.75) is 18.1 Å². The molecule has 2 N–H and O–H groups in total. The lowest BCUT2D eigenvalue weighted by molar-refractivity contribution is -0.117. The minimum Gasteiger partial charge on any atom is -0.369 e. The molecular formula is C8H10N2OS. The fraction of sp³-hybridized carbons (Fsp3) is 0.500. The van der Waals surface area contributed by atoms with Crippen LogP contribution >= 0.6 is 11.8 Å². The number of hydrogen-bond donors (Lipinski definition) is 1. The fourth-order valence-electron chi connectivity index (χ4n) is 1.52. The number of hydrogen-bond acceptors (Lipinski definition) is 3. The van der Waals surface area contributed by atoms with Gasteiger partial charge < -0.3 is 5.73 Å².